The Hall–Kier alpha value is -3.55. The van der Waals surface area contributed by atoms with E-state index < -0.39 is 62.4 Å². The van der Waals surface area contributed by atoms with Crippen LogP contribution in [0.15, 0.2) is 47.4 Å². The van der Waals surface area contributed by atoms with E-state index in [9.17, 15) is 45.1 Å². The number of aromatic carboxylic acids is 1. The highest BCUT2D eigenvalue weighted by atomic mass is 35.5. The number of rotatable bonds is 9. The average Bonchev–Trinajstić information content (AvgIpc) is 2.98. The molecule has 230 valence electrons. The first-order valence-electron chi connectivity index (χ1n) is 13.1. The number of carboxylic acid groups (broad SMARTS) is 1. The van der Waals surface area contributed by atoms with Gasteiger partial charge in [-0.05, 0) is 48.1 Å². The number of likely N-dealkylation sites (N-methyl/N-ethyl adjacent to an activating group) is 1. The van der Waals surface area contributed by atoms with Crippen LogP contribution < -0.4 is 4.90 Å². The Bertz CT molecular complexity index is 1640. The molecule has 0 heterocycles. The van der Waals surface area contributed by atoms with E-state index in [4.69, 9.17) is 11.6 Å². The fraction of sp³-hybridized carbons (Fsp3) is 0.310. The number of amides is 1. The van der Waals surface area contributed by atoms with Crippen LogP contribution in [0.4, 0.5) is 27.6 Å². The summed E-state index contributed by atoms with van der Waals surface area (Å²) in [6.45, 7) is -1.27. The Morgan fingerprint density at radius 2 is 1.44 bits per heavy atom. The molecule has 1 amide bonds. The summed E-state index contributed by atoms with van der Waals surface area (Å²) < 4.78 is 95.7. The molecule has 0 bridgehead atoms. The molecule has 3 aromatic carbocycles. The number of benzene rings is 3. The standard InChI is InChI=1S/C29H26ClF5N2O5S/c1-36(43(41,42)28-26(34)24(32)23(31)25(33)27(28)35)15-22(38)37(21-12-11-19(29(39)40)13-20(21)30)14-16-7-9-18(10-8-16)17-5-3-2-4-6-17/h7-13,17H,2-6,14-15H2,1H3,(H,39,40). The van der Waals surface area contributed by atoms with E-state index in [1.165, 1.54) is 18.6 Å². The summed E-state index contributed by atoms with van der Waals surface area (Å²) in [4.78, 5) is 23.8. The topological polar surface area (TPSA) is 95.0 Å². The maximum atomic E-state index is 14.3. The van der Waals surface area contributed by atoms with Crippen molar-refractivity contribution < 1.29 is 45.1 Å². The average molecular weight is 645 g/mol. The Kier molecular flexibility index (Phi) is 9.77. The van der Waals surface area contributed by atoms with E-state index in [0.29, 0.717) is 11.5 Å². The van der Waals surface area contributed by atoms with Crippen molar-refractivity contribution in [1.82, 2.24) is 4.31 Å². The van der Waals surface area contributed by atoms with Crippen LogP contribution in [0.3, 0.4) is 0 Å². The first-order valence-corrected chi connectivity index (χ1v) is 15.0. The van der Waals surface area contributed by atoms with Crippen LogP contribution in [-0.4, -0.2) is 43.3 Å². The first-order chi connectivity index (χ1) is 20.2. The number of nitrogens with zero attached hydrogens (tertiary/aromatic N) is 2. The number of halogens is 6. The summed E-state index contributed by atoms with van der Waals surface area (Å²) in [5.74, 6) is -14.5. The third-order valence-corrected chi connectivity index (χ3v) is 9.51. The molecule has 0 aliphatic heterocycles. The van der Waals surface area contributed by atoms with E-state index in [2.05, 4.69) is 0 Å². The molecule has 1 fully saturated rings. The van der Waals surface area contributed by atoms with Gasteiger partial charge in [0.1, 0.15) is 0 Å². The summed E-state index contributed by atoms with van der Waals surface area (Å²) in [7, 11) is -4.68. The quantitative estimate of drug-likeness (QED) is 0.160. The van der Waals surface area contributed by atoms with Gasteiger partial charge in [-0.1, -0.05) is 55.1 Å². The summed E-state index contributed by atoms with van der Waals surface area (Å²) in [6, 6.07) is 10.9. The molecule has 3 aromatic rings. The van der Waals surface area contributed by atoms with Gasteiger partial charge >= 0.3 is 5.97 Å². The lowest BCUT2D eigenvalue weighted by molar-refractivity contribution is -0.118. The van der Waals surface area contributed by atoms with Gasteiger partial charge < -0.3 is 10.0 Å². The third-order valence-electron chi connectivity index (χ3n) is 7.38. The van der Waals surface area contributed by atoms with E-state index in [-0.39, 0.29) is 27.1 Å². The minimum absolute atomic E-state index is 0.00458. The van der Waals surface area contributed by atoms with E-state index >= 15 is 0 Å². The largest absolute Gasteiger partial charge is 0.478 e. The molecule has 1 aliphatic rings. The monoisotopic (exact) mass is 644 g/mol. The fourth-order valence-corrected chi connectivity index (χ4v) is 6.51. The van der Waals surface area contributed by atoms with Crippen LogP contribution in [0.1, 0.15) is 59.5 Å². The molecule has 0 atom stereocenters. The van der Waals surface area contributed by atoms with Crippen molar-refractivity contribution in [1.29, 1.82) is 0 Å². The number of hydrogen-bond donors (Lipinski definition) is 1. The van der Waals surface area contributed by atoms with Crippen LogP contribution in [0.2, 0.25) is 5.02 Å². The second-order valence-corrected chi connectivity index (χ2v) is 12.6. The molecule has 0 radical (unpaired) electrons. The predicted octanol–water partition coefficient (Wildman–Crippen LogP) is 6.64. The number of carboxylic acids is 1. The number of sulfonamides is 1. The zero-order valence-corrected chi connectivity index (χ0v) is 24.3. The molecule has 0 saturated heterocycles. The maximum Gasteiger partial charge on any atom is 0.335 e. The van der Waals surface area contributed by atoms with Gasteiger partial charge in [0.25, 0.3) is 0 Å². The highest BCUT2D eigenvalue weighted by Crippen LogP contribution is 2.34. The van der Waals surface area contributed by atoms with Gasteiger partial charge in [-0.25, -0.2) is 35.2 Å². The number of carbonyl (C=O) groups is 2. The molecule has 7 nitrogen and oxygen atoms in total. The molecule has 1 N–H and O–H groups in total. The van der Waals surface area contributed by atoms with Crippen molar-refractivity contribution in [3.05, 3.63) is 93.3 Å². The number of anilines is 1. The molecule has 0 spiro atoms. The minimum atomic E-state index is -5.41. The Balaban J connectivity index is 1.67. The van der Waals surface area contributed by atoms with Gasteiger partial charge in [-0.15, -0.1) is 0 Å². The summed E-state index contributed by atoms with van der Waals surface area (Å²) in [6.07, 6.45) is 5.54. The van der Waals surface area contributed by atoms with Crippen molar-refractivity contribution in [2.75, 3.05) is 18.5 Å². The highest BCUT2D eigenvalue weighted by molar-refractivity contribution is 7.89. The molecular weight excluding hydrogens is 619 g/mol. The highest BCUT2D eigenvalue weighted by Gasteiger charge is 2.37. The zero-order chi connectivity index (χ0) is 31.6. The minimum Gasteiger partial charge on any atom is -0.478 e. The summed E-state index contributed by atoms with van der Waals surface area (Å²) >= 11 is 6.31. The van der Waals surface area contributed by atoms with Crippen LogP contribution in [0, 0.1) is 29.1 Å². The maximum absolute atomic E-state index is 14.3. The van der Waals surface area contributed by atoms with Crippen molar-refractivity contribution in [3.63, 3.8) is 0 Å². The lowest BCUT2D eigenvalue weighted by atomic mass is 9.84. The Morgan fingerprint density at radius 1 is 0.884 bits per heavy atom. The lowest BCUT2D eigenvalue weighted by Crippen LogP contribution is -2.41. The second-order valence-electron chi connectivity index (χ2n) is 10.2. The molecule has 0 aromatic heterocycles. The molecule has 14 heteroatoms. The van der Waals surface area contributed by atoms with Gasteiger partial charge in [0.05, 0.1) is 29.4 Å². The van der Waals surface area contributed by atoms with Gasteiger partial charge in [0, 0.05) is 7.05 Å². The van der Waals surface area contributed by atoms with Crippen molar-refractivity contribution in [2.45, 2.75) is 49.5 Å². The van der Waals surface area contributed by atoms with E-state index in [1.807, 2.05) is 12.1 Å². The second kappa shape index (κ2) is 13.0. The fourth-order valence-electron chi connectivity index (χ4n) is 5.01. The van der Waals surface area contributed by atoms with E-state index in [1.54, 1.807) is 12.1 Å². The molecule has 0 unspecified atom stereocenters. The third kappa shape index (κ3) is 6.68. The van der Waals surface area contributed by atoms with Crippen LogP contribution in [0.5, 0.6) is 0 Å². The van der Waals surface area contributed by atoms with Gasteiger partial charge in [0.2, 0.25) is 21.7 Å². The predicted molar refractivity (Wildman–Crippen MR) is 148 cm³/mol. The Morgan fingerprint density at radius 3 is 1.98 bits per heavy atom. The zero-order valence-electron chi connectivity index (χ0n) is 22.7. The number of hydrogen-bond acceptors (Lipinski definition) is 4. The summed E-state index contributed by atoms with van der Waals surface area (Å²) in [5.41, 5.74) is 1.52. The van der Waals surface area contributed by atoms with E-state index in [0.717, 1.165) is 49.3 Å². The van der Waals surface area contributed by atoms with Crippen molar-refractivity contribution >= 4 is 39.2 Å². The van der Waals surface area contributed by atoms with Gasteiger partial charge in [-0.3, -0.25) is 4.79 Å². The summed E-state index contributed by atoms with van der Waals surface area (Å²) in [5, 5.41) is 9.11. The molecule has 1 saturated carbocycles. The van der Waals surface area contributed by atoms with Crippen LogP contribution in [-0.2, 0) is 21.4 Å². The Labute approximate surface area is 249 Å². The lowest BCUT2D eigenvalue weighted by Gasteiger charge is -2.27. The molecule has 43 heavy (non-hydrogen) atoms. The van der Waals surface area contributed by atoms with Gasteiger partial charge in [-0.2, -0.15) is 4.31 Å². The molecule has 4 rings (SSSR count). The van der Waals surface area contributed by atoms with Crippen molar-refractivity contribution in [2.24, 2.45) is 0 Å². The van der Waals surface area contributed by atoms with Gasteiger partial charge in [0.15, 0.2) is 28.2 Å². The smallest absolute Gasteiger partial charge is 0.335 e. The van der Waals surface area contributed by atoms with Crippen molar-refractivity contribution in [3.8, 4) is 0 Å². The molecular formula is C29H26ClF5N2O5S. The number of carbonyl (C=O) groups excluding carboxylic acids is 1. The van der Waals surface area contributed by atoms with Crippen LogP contribution in [0.25, 0.3) is 0 Å². The normalized spacial score (nSPS) is 14.2. The first kappa shape index (κ1) is 32.4. The molecule has 1 aliphatic carbocycles. The van der Waals surface area contributed by atoms with Crippen LogP contribution >= 0.6 is 11.6 Å². The SMILES string of the molecule is CN(CC(=O)N(Cc1ccc(C2CCCCC2)cc1)c1ccc(C(=O)O)cc1Cl)S(=O)(=O)c1c(F)c(F)c(F)c(F)c1F.